The Labute approximate surface area is 128 Å². The first kappa shape index (κ1) is 16.7. The normalized spacial score (nSPS) is 11.1. The first-order valence-corrected chi connectivity index (χ1v) is 7.21. The van der Waals surface area contributed by atoms with Gasteiger partial charge in [0.25, 0.3) is 0 Å². The highest BCUT2D eigenvalue weighted by molar-refractivity contribution is 9.10. The Bertz CT molecular complexity index is 477. The van der Waals surface area contributed by atoms with Gasteiger partial charge in [-0.15, -0.1) is 0 Å². The highest BCUT2D eigenvalue weighted by Crippen LogP contribution is 2.13. The Morgan fingerprint density at radius 2 is 1.75 bits per heavy atom. The van der Waals surface area contributed by atoms with Gasteiger partial charge < -0.3 is 9.64 Å². The zero-order valence-corrected chi connectivity index (χ0v) is 13.9. The fourth-order valence-electron chi connectivity index (χ4n) is 1.48. The van der Waals surface area contributed by atoms with Crippen LogP contribution in [0.3, 0.4) is 0 Å². The van der Waals surface area contributed by atoms with Crippen molar-refractivity contribution in [3.8, 4) is 0 Å². The van der Waals surface area contributed by atoms with Crippen molar-refractivity contribution in [2.24, 2.45) is 0 Å². The van der Waals surface area contributed by atoms with Gasteiger partial charge in [0.05, 0.1) is 0 Å². The lowest BCUT2D eigenvalue weighted by molar-refractivity contribution is 0.0298. The van der Waals surface area contributed by atoms with Gasteiger partial charge in [-0.05, 0) is 32.9 Å². The summed E-state index contributed by atoms with van der Waals surface area (Å²) in [6.45, 7) is 5.77. The van der Waals surface area contributed by atoms with Crippen LogP contribution in [0.5, 0.6) is 0 Å². The maximum atomic E-state index is 12.0. The molecule has 1 aromatic rings. The summed E-state index contributed by atoms with van der Waals surface area (Å²) in [5, 5.41) is 0. The van der Waals surface area contributed by atoms with Crippen LogP contribution in [-0.4, -0.2) is 36.0 Å². The van der Waals surface area contributed by atoms with Crippen LogP contribution in [0, 0.1) is 0 Å². The number of carbonyl (C=O) groups is 2. The van der Waals surface area contributed by atoms with Gasteiger partial charge in [-0.1, -0.05) is 28.1 Å². The third-order valence-electron chi connectivity index (χ3n) is 2.55. The Hall–Kier alpha value is -1.36. The zero-order valence-electron chi connectivity index (χ0n) is 12.3. The summed E-state index contributed by atoms with van der Waals surface area (Å²) in [5.41, 5.74) is 0.118. The number of halogens is 1. The molecule has 20 heavy (non-hydrogen) atoms. The highest BCUT2D eigenvalue weighted by atomic mass is 79.9. The largest absolute Gasteiger partial charge is 0.444 e. The van der Waals surface area contributed by atoms with E-state index in [1.807, 2.05) is 32.9 Å². The molecule has 0 saturated carbocycles. The number of hydrogen-bond donors (Lipinski definition) is 0. The van der Waals surface area contributed by atoms with Gasteiger partial charge >= 0.3 is 6.09 Å². The summed E-state index contributed by atoms with van der Waals surface area (Å²) in [4.78, 5) is 25.1. The van der Waals surface area contributed by atoms with Gasteiger partial charge in [0.1, 0.15) is 5.60 Å². The van der Waals surface area contributed by atoms with Gasteiger partial charge in [-0.2, -0.15) is 0 Å². The number of rotatable bonds is 4. The molecule has 0 unspecified atom stereocenters. The molecule has 0 aliphatic rings. The molecular formula is C15H20BrNO3. The fourth-order valence-corrected chi connectivity index (χ4v) is 1.74. The van der Waals surface area contributed by atoms with Crippen molar-refractivity contribution in [1.29, 1.82) is 0 Å². The number of Topliss-reactive ketones (excluding diaryl/α,β-unsaturated/α-hetero) is 1. The van der Waals surface area contributed by atoms with Gasteiger partial charge in [0, 0.05) is 30.0 Å². The maximum absolute atomic E-state index is 12.0. The van der Waals surface area contributed by atoms with E-state index in [1.54, 1.807) is 19.2 Å². The molecule has 0 atom stereocenters. The number of amides is 1. The van der Waals surface area contributed by atoms with Crippen LogP contribution in [0.25, 0.3) is 0 Å². The molecule has 1 amide bonds. The molecule has 0 aliphatic carbocycles. The van der Waals surface area contributed by atoms with E-state index in [9.17, 15) is 9.59 Å². The van der Waals surface area contributed by atoms with E-state index < -0.39 is 11.7 Å². The van der Waals surface area contributed by atoms with Crippen LogP contribution in [0.15, 0.2) is 28.7 Å². The van der Waals surface area contributed by atoms with Crippen molar-refractivity contribution in [2.45, 2.75) is 32.8 Å². The lowest BCUT2D eigenvalue weighted by Crippen LogP contribution is -2.35. The Balaban J connectivity index is 2.48. The molecule has 0 spiro atoms. The van der Waals surface area contributed by atoms with E-state index in [4.69, 9.17) is 4.74 Å². The van der Waals surface area contributed by atoms with E-state index in [0.29, 0.717) is 12.1 Å². The second-order valence-electron chi connectivity index (χ2n) is 5.58. The monoisotopic (exact) mass is 341 g/mol. The minimum atomic E-state index is -0.527. The molecule has 0 fully saturated rings. The standard InChI is InChI=1S/C15H20BrNO3/c1-15(2,3)20-14(19)17(4)10-9-13(18)11-5-7-12(16)8-6-11/h5-8H,9-10H2,1-4H3. The van der Waals surface area contributed by atoms with Crippen LogP contribution >= 0.6 is 15.9 Å². The van der Waals surface area contributed by atoms with Crippen LogP contribution in [0.2, 0.25) is 0 Å². The van der Waals surface area contributed by atoms with Gasteiger partial charge in [-0.25, -0.2) is 4.79 Å². The van der Waals surface area contributed by atoms with Crippen LogP contribution in [0.1, 0.15) is 37.6 Å². The first-order chi connectivity index (χ1) is 9.19. The van der Waals surface area contributed by atoms with E-state index in [0.717, 1.165) is 4.47 Å². The van der Waals surface area contributed by atoms with Crippen molar-refractivity contribution in [1.82, 2.24) is 4.90 Å². The van der Waals surface area contributed by atoms with Crippen molar-refractivity contribution in [3.63, 3.8) is 0 Å². The van der Waals surface area contributed by atoms with Crippen LogP contribution < -0.4 is 0 Å². The third-order valence-corrected chi connectivity index (χ3v) is 3.07. The SMILES string of the molecule is CN(CCC(=O)c1ccc(Br)cc1)C(=O)OC(C)(C)C. The third kappa shape index (κ3) is 5.74. The van der Waals surface area contributed by atoms with Gasteiger partial charge in [0.2, 0.25) is 0 Å². The smallest absolute Gasteiger partial charge is 0.410 e. The number of carbonyl (C=O) groups excluding carboxylic acids is 2. The van der Waals surface area contributed by atoms with E-state index in [2.05, 4.69) is 15.9 Å². The van der Waals surface area contributed by atoms with E-state index in [1.165, 1.54) is 4.90 Å². The predicted molar refractivity (Wildman–Crippen MR) is 82.0 cm³/mol. The number of ketones is 1. The van der Waals surface area contributed by atoms with E-state index in [-0.39, 0.29) is 12.2 Å². The summed E-state index contributed by atoms with van der Waals surface area (Å²) in [6.07, 6.45) is -0.140. The summed E-state index contributed by atoms with van der Waals surface area (Å²) in [5.74, 6) is 0.00732. The predicted octanol–water partition coefficient (Wildman–Crippen LogP) is 3.89. The minimum absolute atomic E-state index is 0.00732. The van der Waals surface area contributed by atoms with E-state index >= 15 is 0 Å². The second-order valence-corrected chi connectivity index (χ2v) is 6.50. The lowest BCUT2D eigenvalue weighted by Gasteiger charge is -2.24. The molecule has 0 aliphatic heterocycles. The molecular weight excluding hydrogens is 322 g/mol. The fraction of sp³-hybridized carbons (Fsp3) is 0.467. The number of nitrogens with zero attached hydrogens (tertiary/aromatic N) is 1. The molecule has 0 radical (unpaired) electrons. The Kier molecular flexibility index (Phi) is 5.74. The Morgan fingerprint density at radius 3 is 2.25 bits per heavy atom. The number of ether oxygens (including phenoxy) is 1. The average molecular weight is 342 g/mol. The molecule has 0 N–H and O–H groups in total. The Morgan fingerprint density at radius 1 is 1.20 bits per heavy atom. The molecule has 5 heteroatoms. The van der Waals surface area contributed by atoms with Crippen LogP contribution in [-0.2, 0) is 4.74 Å². The first-order valence-electron chi connectivity index (χ1n) is 6.42. The van der Waals surface area contributed by atoms with Crippen molar-refractivity contribution in [2.75, 3.05) is 13.6 Å². The average Bonchev–Trinajstić information content (AvgIpc) is 2.34. The number of hydrogen-bond acceptors (Lipinski definition) is 3. The van der Waals surface area contributed by atoms with Crippen molar-refractivity contribution < 1.29 is 14.3 Å². The molecule has 0 saturated heterocycles. The van der Waals surface area contributed by atoms with Gasteiger partial charge in [-0.3, -0.25) is 4.79 Å². The van der Waals surface area contributed by atoms with Gasteiger partial charge in [0.15, 0.2) is 5.78 Å². The maximum Gasteiger partial charge on any atom is 0.410 e. The second kappa shape index (κ2) is 6.88. The summed E-state index contributed by atoms with van der Waals surface area (Å²) in [6, 6.07) is 7.18. The summed E-state index contributed by atoms with van der Waals surface area (Å²) >= 11 is 3.32. The molecule has 110 valence electrons. The quantitative estimate of drug-likeness (QED) is 0.780. The molecule has 1 aromatic carbocycles. The molecule has 0 heterocycles. The number of benzene rings is 1. The topological polar surface area (TPSA) is 46.6 Å². The molecule has 0 bridgehead atoms. The van der Waals surface area contributed by atoms with Crippen molar-refractivity contribution >= 4 is 27.8 Å². The van der Waals surface area contributed by atoms with Crippen LogP contribution in [0.4, 0.5) is 4.79 Å². The molecule has 4 nitrogen and oxygen atoms in total. The molecule has 0 aromatic heterocycles. The summed E-state index contributed by atoms with van der Waals surface area (Å²) < 4.78 is 6.15. The zero-order chi connectivity index (χ0) is 15.3. The summed E-state index contributed by atoms with van der Waals surface area (Å²) in [7, 11) is 1.63. The minimum Gasteiger partial charge on any atom is -0.444 e. The lowest BCUT2D eigenvalue weighted by atomic mass is 10.1. The highest BCUT2D eigenvalue weighted by Gasteiger charge is 2.20. The molecule has 1 rings (SSSR count). The van der Waals surface area contributed by atoms with Crippen molar-refractivity contribution in [3.05, 3.63) is 34.3 Å².